The first-order chi connectivity index (χ1) is 13.2. The molecule has 6 nitrogen and oxygen atoms in total. The number of likely N-dealkylation sites (tertiary alicyclic amines) is 1. The number of amides is 2. The zero-order valence-corrected chi connectivity index (χ0v) is 17.3. The van der Waals surface area contributed by atoms with E-state index < -0.39 is 0 Å². The summed E-state index contributed by atoms with van der Waals surface area (Å²) < 4.78 is 0. The zero-order valence-electron chi connectivity index (χ0n) is 16.4. The largest absolute Gasteiger partial charge is 0.357 e. The minimum atomic E-state index is -0.0868. The number of rotatable bonds is 10. The third-order valence-corrected chi connectivity index (χ3v) is 6.48. The van der Waals surface area contributed by atoms with E-state index in [1.807, 2.05) is 18.7 Å². The first-order valence-corrected chi connectivity index (χ1v) is 11.6. The minimum Gasteiger partial charge on any atom is -0.357 e. The number of hydrogen-bond acceptors (Lipinski definition) is 4. The Balaban J connectivity index is 1.42. The van der Waals surface area contributed by atoms with Crippen LogP contribution in [0.2, 0.25) is 0 Å². The predicted octanol–water partition coefficient (Wildman–Crippen LogP) is 1.88. The van der Waals surface area contributed by atoms with E-state index in [0.29, 0.717) is 19.5 Å². The van der Waals surface area contributed by atoms with Gasteiger partial charge >= 0.3 is 0 Å². The fourth-order valence-corrected chi connectivity index (χ4v) is 5.02. The maximum absolute atomic E-state index is 12.7. The summed E-state index contributed by atoms with van der Waals surface area (Å²) in [6, 6.07) is 0. The van der Waals surface area contributed by atoms with Crippen LogP contribution in [0.1, 0.15) is 32.6 Å². The molecule has 0 aromatic carbocycles. The molecule has 3 aliphatic rings. The molecule has 150 valence electrons. The third-order valence-electron chi connectivity index (χ3n) is 5.78. The summed E-state index contributed by atoms with van der Waals surface area (Å²) in [5.74, 6) is 2.50. The molecule has 1 saturated heterocycles. The first-order valence-electron chi connectivity index (χ1n) is 10.2. The summed E-state index contributed by atoms with van der Waals surface area (Å²) in [6.45, 7) is 4.87. The Labute approximate surface area is 166 Å². The van der Waals surface area contributed by atoms with Gasteiger partial charge in [-0.1, -0.05) is 12.2 Å². The highest BCUT2D eigenvalue weighted by molar-refractivity contribution is 7.98. The molecule has 3 rings (SSSR count). The molecule has 0 aromatic rings. The summed E-state index contributed by atoms with van der Waals surface area (Å²) in [5.41, 5.74) is 0. The van der Waals surface area contributed by atoms with Crippen molar-refractivity contribution in [1.82, 2.24) is 15.5 Å². The maximum Gasteiger partial charge on any atom is 0.233 e. The fourth-order valence-electron chi connectivity index (χ4n) is 4.52. The molecule has 7 heteroatoms. The van der Waals surface area contributed by atoms with Crippen LogP contribution in [0.5, 0.6) is 0 Å². The van der Waals surface area contributed by atoms with E-state index in [9.17, 15) is 9.59 Å². The van der Waals surface area contributed by atoms with Crippen LogP contribution in [-0.2, 0) is 9.59 Å². The normalized spacial score (nSPS) is 29.0. The Kier molecular flexibility index (Phi) is 7.21. The van der Waals surface area contributed by atoms with Crippen molar-refractivity contribution in [3.8, 4) is 0 Å². The van der Waals surface area contributed by atoms with Gasteiger partial charge in [-0.05, 0) is 56.5 Å². The molecule has 4 unspecified atom stereocenters. The van der Waals surface area contributed by atoms with Gasteiger partial charge in [-0.3, -0.25) is 19.5 Å². The number of thioether (sulfide) groups is 1. The van der Waals surface area contributed by atoms with Gasteiger partial charge in [0.15, 0.2) is 5.96 Å². The van der Waals surface area contributed by atoms with E-state index in [4.69, 9.17) is 0 Å². The Hall–Kier alpha value is -1.50. The standard InChI is InChI=1S/C20H32N4O2S/c1-3-21-20(22-9-4-5-12-27-2)23-10-6-11-24-18(25)16-14-7-8-15(13-14)17(16)19(24)26/h7-8,14-17H,3-6,9-13H2,1-2H3,(H2,21,22,23). The van der Waals surface area contributed by atoms with E-state index in [1.165, 1.54) is 17.1 Å². The van der Waals surface area contributed by atoms with Crippen LogP contribution >= 0.6 is 11.8 Å². The number of fused-ring (bicyclic) bond motifs is 5. The molecule has 2 N–H and O–H groups in total. The van der Waals surface area contributed by atoms with Crippen LogP contribution in [0.15, 0.2) is 17.1 Å². The minimum absolute atomic E-state index is 0.0460. The van der Waals surface area contributed by atoms with Crippen molar-refractivity contribution in [3.63, 3.8) is 0 Å². The lowest BCUT2D eigenvalue weighted by Crippen LogP contribution is -2.38. The van der Waals surface area contributed by atoms with Gasteiger partial charge in [-0.2, -0.15) is 11.8 Å². The smallest absolute Gasteiger partial charge is 0.233 e. The molecule has 1 saturated carbocycles. The molecule has 0 aromatic heterocycles. The lowest BCUT2D eigenvalue weighted by molar-refractivity contribution is -0.140. The van der Waals surface area contributed by atoms with Crippen LogP contribution in [0, 0.1) is 23.7 Å². The number of unbranched alkanes of at least 4 members (excludes halogenated alkanes) is 1. The van der Waals surface area contributed by atoms with Crippen molar-refractivity contribution >= 4 is 29.5 Å². The van der Waals surface area contributed by atoms with Crippen molar-refractivity contribution in [2.75, 3.05) is 38.2 Å². The predicted molar refractivity (Wildman–Crippen MR) is 111 cm³/mol. The average molecular weight is 393 g/mol. The highest BCUT2D eigenvalue weighted by Gasteiger charge is 2.58. The monoisotopic (exact) mass is 392 g/mol. The maximum atomic E-state index is 12.7. The van der Waals surface area contributed by atoms with Crippen molar-refractivity contribution in [1.29, 1.82) is 0 Å². The van der Waals surface area contributed by atoms with E-state index >= 15 is 0 Å². The Morgan fingerprint density at radius 3 is 2.48 bits per heavy atom. The highest BCUT2D eigenvalue weighted by atomic mass is 32.2. The molecular formula is C20H32N4O2S. The summed E-state index contributed by atoms with van der Waals surface area (Å²) in [6.07, 6.45) is 10.4. The number of aliphatic imine (C=N–C) groups is 1. The molecule has 2 amide bonds. The first kappa shape index (κ1) is 20.2. The molecule has 2 aliphatic carbocycles. The Morgan fingerprint density at radius 2 is 1.85 bits per heavy atom. The Bertz CT molecular complexity index is 577. The lowest BCUT2D eigenvalue weighted by Gasteiger charge is -2.17. The molecule has 0 radical (unpaired) electrons. The third kappa shape index (κ3) is 4.50. The zero-order chi connectivity index (χ0) is 19.2. The van der Waals surface area contributed by atoms with Crippen molar-refractivity contribution < 1.29 is 9.59 Å². The van der Waals surface area contributed by atoms with E-state index in [-0.39, 0.29) is 35.5 Å². The van der Waals surface area contributed by atoms with E-state index in [0.717, 1.165) is 31.9 Å². The number of imide groups is 1. The lowest BCUT2D eigenvalue weighted by atomic mass is 9.85. The van der Waals surface area contributed by atoms with E-state index in [1.54, 1.807) is 0 Å². The topological polar surface area (TPSA) is 73.8 Å². The SMILES string of the molecule is CCNC(=NCCCN1C(=O)C2C3C=CC(C3)C2C1=O)NCCCCSC. The second kappa shape index (κ2) is 9.62. The van der Waals surface area contributed by atoms with Crippen molar-refractivity contribution in [2.45, 2.75) is 32.6 Å². The summed E-state index contributed by atoms with van der Waals surface area (Å²) >= 11 is 1.87. The number of allylic oxidation sites excluding steroid dienone is 2. The Morgan fingerprint density at radius 1 is 1.15 bits per heavy atom. The van der Waals surface area contributed by atoms with Crippen LogP contribution < -0.4 is 10.6 Å². The summed E-state index contributed by atoms with van der Waals surface area (Å²) in [4.78, 5) is 31.4. The van der Waals surface area contributed by atoms with Gasteiger partial charge in [0.25, 0.3) is 0 Å². The number of carbonyl (C=O) groups excluding carboxylic acids is 2. The number of carbonyl (C=O) groups is 2. The second-order valence-electron chi connectivity index (χ2n) is 7.57. The molecule has 1 aliphatic heterocycles. The van der Waals surface area contributed by atoms with Crippen LogP contribution in [0.3, 0.4) is 0 Å². The van der Waals surface area contributed by atoms with E-state index in [2.05, 4.69) is 34.0 Å². The molecule has 4 atom stereocenters. The van der Waals surface area contributed by atoms with Gasteiger partial charge in [0, 0.05) is 26.2 Å². The van der Waals surface area contributed by atoms with Crippen LogP contribution in [0.4, 0.5) is 0 Å². The molecule has 1 heterocycles. The summed E-state index contributed by atoms with van der Waals surface area (Å²) in [7, 11) is 0. The van der Waals surface area contributed by atoms with Crippen molar-refractivity contribution in [2.24, 2.45) is 28.7 Å². The average Bonchev–Trinajstić information content (AvgIpc) is 3.34. The number of nitrogens with zero attached hydrogens (tertiary/aromatic N) is 2. The van der Waals surface area contributed by atoms with Gasteiger partial charge in [0.05, 0.1) is 11.8 Å². The highest BCUT2D eigenvalue weighted by Crippen LogP contribution is 2.52. The molecule has 0 spiro atoms. The number of guanidine groups is 1. The molecule has 27 heavy (non-hydrogen) atoms. The molecule has 2 bridgehead atoms. The molecule has 2 fully saturated rings. The van der Waals surface area contributed by atoms with Gasteiger partial charge < -0.3 is 10.6 Å². The van der Waals surface area contributed by atoms with Gasteiger partial charge in [-0.15, -0.1) is 0 Å². The van der Waals surface area contributed by atoms with Gasteiger partial charge in [0.2, 0.25) is 11.8 Å². The van der Waals surface area contributed by atoms with Gasteiger partial charge in [0.1, 0.15) is 0 Å². The van der Waals surface area contributed by atoms with Crippen LogP contribution in [0.25, 0.3) is 0 Å². The number of nitrogens with one attached hydrogen (secondary N) is 2. The number of hydrogen-bond donors (Lipinski definition) is 2. The quantitative estimate of drug-likeness (QED) is 0.195. The molecular weight excluding hydrogens is 360 g/mol. The second-order valence-corrected chi connectivity index (χ2v) is 8.55. The summed E-state index contributed by atoms with van der Waals surface area (Å²) in [5, 5.41) is 6.60. The van der Waals surface area contributed by atoms with Gasteiger partial charge in [-0.25, -0.2) is 0 Å². The van der Waals surface area contributed by atoms with Crippen molar-refractivity contribution in [3.05, 3.63) is 12.2 Å². The van der Waals surface area contributed by atoms with Crippen LogP contribution in [-0.4, -0.2) is 60.9 Å². The fraction of sp³-hybridized carbons (Fsp3) is 0.750.